The second kappa shape index (κ2) is 7.09. The van der Waals surface area contributed by atoms with Crippen LogP contribution >= 0.6 is 11.8 Å². The summed E-state index contributed by atoms with van der Waals surface area (Å²) in [7, 11) is 0. The molecule has 2 aromatic rings. The second-order valence-corrected chi connectivity index (χ2v) is 5.31. The Labute approximate surface area is 149 Å². The third kappa shape index (κ3) is 3.66. The Kier molecular flexibility index (Phi) is 5.42. The number of aliphatic carboxylic acids is 1. The zero-order valence-corrected chi connectivity index (χ0v) is 14.3. The Morgan fingerprint density at radius 3 is 2.38 bits per heavy atom. The molecule has 0 saturated heterocycles. The molecule has 1 aliphatic rings. The number of aliphatic imine (C=N–C) groups is 1. The van der Waals surface area contributed by atoms with Gasteiger partial charge in [0.2, 0.25) is 0 Å². The molecule has 5 heteroatoms. The fourth-order valence-corrected chi connectivity index (χ4v) is 2.78. The predicted octanol–water partition coefficient (Wildman–Crippen LogP) is -0.449. The van der Waals surface area contributed by atoms with Gasteiger partial charge < -0.3 is 9.90 Å². The summed E-state index contributed by atoms with van der Waals surface area (Å²) in [6.45, 7) is 0. The zero-order valence-electron chi connectivity index (χ0n) is 11.4. The van der Waals surface area contributed by atoms with Crippen molar-refractivity contribution >= 4 is 29.1 Å². The van der Waals surface area contributed by atoms with E-state index in [0.717, 1.165) is 16.1 Å². The van der Waals surface area contributed by atoms with Crippen LogP contribution in [0.3, 0.4) is 0 Å². The molecule has 1 heterocycles. The summed E-state index contributed by atoms with van der Waals surface area (Å²) >= 11 is 1.17. The van der Waals surface area contributed by atoms with Gasteiger partial charge in [-0.25, -0.2) is 4.99 Å². The largest absolute Gasteiger partial charge is 1.00 e. The Morgan fingerprint density at radius 1 is 1.00 bits per heavy atom. The number of para-hydroxylation sites is 1. The van der Waals surface area contributed by atoms with Crippen LogP contribution in [0.25, 0.3) is 0 Å². The maximum atomic E-state index is 11.2. The molecule has 3 nitrogen and oxygen atoms in total. The minimum absolute atomic E-state index is 0. The summed E-state index contributed by atoms with van der Waals surface area (Å²) in [6.07, 6.45) is 1.56. The van der Waals surface area contributed by atoms with Gasteiger partial charge in [-0.05, 0) is 18.2 Å². The molecule has 21 heavy (non-hydrogen) atoms. The number of carbonyl (C=O) groups excluding carboxylic acids is 1. The van der Waals surface area contributed by atoms with Crippen molar-refractivity contribution in [1.82, 2.24) is 0 Å². The van der Waals surface area contributed by atoms with Gasteiger partial charge in [0.05, 0.1) is 17.4 Å². The van der Waals surface area contributed by atoms with Crippen molar-refractivity contribution in [2.24, 2.45) is 4.99 Å². The first-order valence-electron chi connectivity index (χ1n) is 6.08. The van der Waals surface area contributed by atoms with Gasteiger partial charge in [0, 0.05) is 15.4 Å². The van der Waals surface area contributed by atoms with Crippen molar-refractivity contribution in [2.45, 2.75) is 4.90 Å². The van der Waals surface area contributed by atoms with Gasteiger partial charge in [-0.2, -0.15) is 0 Å². The molecule has 0 N–H and O–H groups in total. The molecule has 98 valence electrons. The summed E-state index contributed by atoms with van der Waals surface area (Å²) in [4.78, 5) is 16.8. The number of hydrogen-bond donors (Lipinski definition) is 0. The zero-order chi connectivity index (χ0) is 13.9. The number of benzene rings is 2. The predicted molar refractivity (Wildman–Crippen MR) is 78.0 cm³/mol. The van der Waals surface area contributed by atoms with E-state index in [1.54, 1.807) is 6.08 Å². The molecule has 0 saturated carbocycles. The molecular formula is C16H10NNaO2S. The summed E-state index contributed by atoms with van der Waals surface area (Å²) in [5.74, 6) is -1.18. The van der Waals surface area contributed by atoms with Crippen molar-refractivity contribution in [3.63, 3.8) is 0 Å². The smallest absolute Gasteiger partial charge is 0.544 e. The molecule has 0 amide bonds. The fourth-order valence-electron chi connectivity index (χ4n) is 1.93. The molecule has 0 bridgehead atoms. The van der Waals surface area contributed by atoms with E-state index in [0.29, 0.717) is 5.71 Å². The Bertz CT molecular complexity index is 726. The second-order valence-electron chi connectivity index (χ2n) is 4.23. The summed E-state index contributed by atoms with van der Waals surface area (Å²) in [6, 6.07) is 17.0. The van der Waals surface area contributed by atoms with Crippen LogP contribution in [-0.4, -0.2) is 11.7 Å². The molecule has 0 aliphatic carbocycles. The third-order valence-corrected chi connectivity index (χ3v) is 3.93. The van der Waals surface area contributed by atoms with Crippen LogP contribution in [0.1, 0.15) is 5.56 Å². The maximum absolute atomic E-state index is 11.2. The molecule has 0 spiro atoms. The molecule has 0 aromatic heterocycles. The van der Waals surface area contributed by atoms with Crippen LogP contribution in [0.2, 0.25) is 0 Å². The number of thioether (sulfide) groups is 1. The first-order chi connectivity index (χ1) is 9.74. The normalized spacial score (nSPS) is 13.1. The van der Waals surface area contributed by atoms with E-state index >= 15 is 0 Å². The van der Waals surface area contributed by atoms with E-state index < -0.39 is 5.97 Å². The minimum atomic E-state index is -1.18. The van der Waals surface area contributed by atoms with Gasteiger partial charge >= 0.3 is 29.6 Å². The fraction of sp³-hybridized carbons (Fsp3) is 0. The Morgan fingerprint density at radius 2 is 1.67 bits per heavy atom. The summed E-state index contributed by atoms with van der Waals surface area (Å²) in [5.41, 5.74) is 2.27. The molecule has 3 rings (SSSR count). The van der Waals surface area contributed by atoms with Gasteiger partial charge in [0.1, 0.15) is 0 Å². The SMILES string of the molecule is O=C([O-])C1=CC(c2ccccc2)=Nc2ccccc2S1.[Na+]. The van der Waals surface area contributed by atoms with Gasteiger partial charge in [0.15, 0.2) is 0 Å². The first-order valence-corrected chi connectivity index (χ1v) is 6.90. The third-order valence-electron chi connectivity index (χ3n) is 2.86. The Hall–Kier alpha value is -1.33. The first kappa shape index (κ1) is 16.0. The van der Waals surface area contributed by atoms with Crippen molar-refractivity contribution in [2.75, 3.05) is 0 Å². The molecule has 0 fully saturated rings. The number of allylic oxidation sites excluding steroid dienone is 1. The standard InChI is InChI=1S/C16H11NO2S.Na/c18-16(19)15-10-13(11-6-2-1-3-7-11)17-12-8-4-5-9-14(12)20-15;/h1-10H,(H,18,19);/q;+1/p-1. The van der Waals surface area contributed by atoms with E-state index in [9.17, 15) is 9.90 Å². The van der Waals surface area contributed by atoms with Crippen molar-refractivity contribution in [1.29, 1.82) is 0 Å². The van der Waals surface area contributed by atoms with E-state index in [2.05, 4.69) is 4.99 Å². The molecule has 0 radical (unpaired) electrons. The van der Waals surface area contributed by atoms with Gasteiger partial charge in [0.25, 0.3) is 0 Å². The number of carboxylic acid groups (broad SMARTS) is 1. The van der Waals surface area contributed by atoms with Crippen molar-refractivity contribution < 1.29 is 39.5 Å². The number of fused-ring (bicyclic) bond motifs is 1. The van der Waals surface area contributed by atoms with E-state index in [4.69, 9.17) is 0 Å². The van der Waals surface area contributed by atoms with Crippen LogP contribution in [0.4, 0.5) is 5.69 Å². The quantitative estimate of drug-likeness (QED) is 0.706. The molecular weight excluding hydrogens is 293 g/mol. The van der Waals surface area contributed by atoms with Gasteiger partial charge in [-0.3, -0.25) is 0 Å². The van der Waals surface area contributed by atoms with E-state index in [1.165, 1.54) is 11.8 Å². The number of rotatable bonds is 2. The van der Waals surface area contributed by atoms with Crippen molar-refractivity contribution in [3.05, 3.63) is 71.1 Å². The summed E-state index contributed by atoms with van der Waals surface area (Å²) < 4.78 is 0. The van der Waals surface area contributed by atoms with Gasteiger partial charge in [-0.15, -0.1) is 0 Å². The molecule has 2 aromatic carbocycles. The molecule has 0 atom stereocenters. The van der Waals surface area contributed by atoms with E-state index in [1.807, 2.05) is 54.6 Å². The number of carboxylic acids is 1. The molecule has 0 unspecified atom stereocenters. The average Bonchev–Trinajstić information content (AvgIpc) is 2.67. The van der Waals surface area contributed by atoms with Crippen LogP contribution in [0, 0.1) is 0 Å². The molecule has 1 aliphatic heterocycles. The average molecular weight is 303 g/mol. The number of nitrogens with zero attached hydrogens (tertiary/aromatic N) is 1. The van der Waals surface area contributed by atoms with Crippen molar-refractivity contribution in [3.8, 4) is 0 Å². The van der Waals surface area contributed by atoms with Crippen LogP contribution in [-0.2, 0) is 4.79 Å². The minimum Gasteiger partial charge on any atom is -0.544 e. The van der Waals surface area contributed by atoms with Crippen LogP contribution in [0.15, 0.2) is 75.5 Å². The van der Waals surface area contributed by atoms with E-state index in [-0.39, 0.29) is 34.5 Å². The monoisotopic (exact) mass is 303 g/mol. The van der Waals surface area contributed by atoms with Crippen LogP contribution in [0.5, 0.6) is 0 Å². The van der Waals surface area contributed by atoms with Gasteiger partial charge in [-0.1, -0.05) is 54.2 Å². The maximum Gasteiger partial charge on any atom is 1.00 e. The Balaban J connectivity index is 0.00000161. The number of carbonyl (C=O) groups is 1. The number of hydrogen-bond acceptors (Lipinski definition) is 4. The van der Waals surface area contributed by atoms with Crippen LogP contribution < -0.4 is 34.7 Å². The topological polar surface area (TPSA) is 52.5 Å². The summed E-state index contributed by atoms with van der Waals surface area (Å²) in [5, 5.41) is 11.2.